The summed E-state index contributed by atoms with van der Waals surface area (Å²) in [6.07, 6.45) is 0. The summed E-state index contributed by atoms with van der Waals surface area (Å²) in [4.78, 5) is 2.41. The fraction of sp³-hybridized carbons (Fsp3) is 0.647. The maximum absolute atomic E-state index is 13.6. The molecule has 0 saturated carbocycles. The Morgan fingerprint density at radius 3 is 2.50 bits per heavy atom. The van der Waals surface area contributed by atoms with Crippen molar-refractivity contribution in [2.45, 2.75) is 46.7 Å². The van der Waals surface area contributed by atoms with Crippen molar-refractivity contribution in [1.29, 1.82) is 0 Å². The topological polar surface area (TPSA) is 15.3 Å². The summed E-state index contributed by atoms with van der Waals surface area (Å²) < 4.78 is 13.6. The van der Waals surface area contributed by atoms with Crippen LogP contribution in [0.5, 0.6) is 0 Å². The van der Waals surface area contributed by atoms with Crippen LogP contribution in [0.15, 0.2) is 18.2 Å². The minimum atomic E-state index is -0.146. The van der Waals surface area contributed by atoms with Crippen LogP contribution < -0.4 is 10.2 Å². The Morgan fingerprint density at radius 2 is 1.90 bits per heavy atom. The van der Waals surface area contributed by atoms with Gasteiger partial charge in [0, 0.05) is 30.9 Å². The smallest absolute Gasteiger partial charge is 0.125 e. The first-order chi connectivity index (χ1) is 9.40. The Balaban J connectivity index is 2.33. The molecule has 1 saturated heterocycles. The number of nitrogens with zero attached hydrogens (tertiary/aromatic N) is 1. The lowest BCUT2D eigenvalue weighted by atomic mass is 9.93. The minimum Gasteiger partial charge on any atom is -0.365 e. The number of hydrogen-bond acceptors (Lipinski definition) is 2. The predicted octanol–water partition coefficient (Wildman–Crippen LogP) is 3.59. The molecule has 0 aliphatic carbocycles. The molecular weight excluding hydrogens is 251 g/mol. The summed E-state index contributed by atoms with van der Waals surface area (Å²) in [6.45, 7) is 12.9. The van der Waals surface area contributed by atoms with Gasteiger partial charge in [-0.15, -0.1) is 0 Å². The van der Waals surface area contributed by atoms with Crippen LogP contribution in [0.2, 0.25) is 0 Å². The van der Waals surface area contributed by atoms with Crippen molar-refractivity contribution in [2.75, 3.05) is 18.0 Å². The molecule has 1 aliphatic heterocycles. The fourth-order valence-electron chi connectivity index (χ4n) is 3.01. The first-order valence-electron chi connectivity index (χ1n) is 7.66. The van der Waals surface area contributed by atoms with Gasteiger partial charge in [0.15, 0.2) is 0 Å². The van der Waals surface area contributed by atoms with Gasteiger partial charge in [-0.1, -0.05) is 33.8 Å². The van der Waals surface area contributed by atoms with E-state index < -0.39 is 0 Å². The standard InChI is InChI=1S/C17H27FN2/c1-11(2)15-10-20(17(9-19-15)12(3)4)16-8-14(18)7-6-13(16)5/h6-8,11-12,15,17,19H,9-10H2,1-5H3. The molecule has 0 aromatic heterocycles. The van der Waals surface area contributed by atoms with Crippen molar-refractivity contribution >= 4 is 5.69 Å². The van der Waals surface area contributed by atoms with Crippen LogP contribution in [0.25, 0.3) is 0 Å². The van der Waals surface area contributed by atoms with Crippen LogP contribution in [-0.4, -0.2) is 25.2 Å². The highest BCUT2D eigenvalue weighted by atomic mass is 19.1. The van der Waals surface area contributed by atoms with Crippen LogP contribution >= 0.6 is 0 Å². The van der Waals surface area contributed by atoms with E-state index >= 15 is 0 Å². The lowest BCUT2D eigenvalue weighted by Crippen LogP contribution is -2.60. The number of piperazine rings is 1. The van der Waals surface area contributed by atoms with Crippen LogP contribution in [0, 0.1) is 24.6 Å². The molecule has 1 heterocycles. The van der Waals surface area contributed by atoms with E-state index in [1.807, 2.05) is 6.07 Å². The van der Waals surface area contributed by atoms with E-state index in [0.29, 0.717) is 23.9 Å². The lowest BCUT2D eigenvalue weighted by molar-refractivity contribution is 0.295. The highest BCUT2D eigenvalue weighted by Crippen LogP contribution is 2.28. The second kappa shape index (κ2) is 6.13. The maximum Gasteiger partial charge on any atom is 0.125 e. The second-order valence-corrected chi connectivity index (χ2v) is 6.65. The van der Waals surface area contributed by atoms with E-state index in [2.05, 4.69) is 44.8 Å². The lowest BCUT2D eigenvalue weighted by Gasteiger charge is -2.45. The van der Waals surface area contributed by atoms with Gasteiger partial charge < -0.3 is 10.2 Å². The zero-order chi connectivity index (χ0) is 14.9. The van der Waals surface area contributed by atoms with Crippen molar-refractivity contribution in [2.24, 2.45) is 11.8 Å². The van der Waals surface area contributed by atoms with E-state index in [9.17, 15) is 4.39 Å². The summed E-state index contributed by atoms with van der Waals surface area (Å²) in [5, 5.41) is 3.65. The zero-order valence-electron chi connectivity index (χ0n) is 13.3. The molecule has 0 spiro atoms. The van der Waals surface area contributed by atoms with E-state index in [1.165, 1.54) is 0 Å². The van der Waals surface area contributed by atoms with Crippen molar-refractivity contribution in [3.63, 3.8) is 0 Å². The zero-order valence-corrected chi connectivity index (χ0v) is 13.3. The van der Waals surface area contributed by atoms with Gasteiger partial charge in [0.2, 0.25) is 0 Å². The van der Waals surface area contributed by atoms with Crippen molar-refractivity contribution in [3.8, 4) is 0 Å². The van der Waals surface area contributed by atoms with Crippen LogP contribution in [0.4, 0.5) is 10.1 Å². The second-order valence-electron chi connectivity index (χ2n) is 6.65. The molecule has 1 aliphatic rings. The summed E-state index contributed by atoms with van der Waals surface area (Å²) in [6, 6.07) is 6.01. The fourth-order valence-corrected chi connectivity index (χ4v) is 3.01. The van der Waals surface area contributed by atoms with Gasteiger partial charge in [-0.3, -0.25) is 0 Å². The van der Waals surface area contributed by atoms with Gasteiger partial charge in [-0.25, -0.2) is 4.39 Å². The van der Waals surface area contributed by atoms with Gasteiger partial charge >= 0.3 is 0 Å². The van der Waals surface area contributed by atoms with Crippen molar-refractivity contribution in [1.82, 2.24) is 5.32 Å². The molecule has 0 bridgehead atoms. The average Bonchev–Trinajstić information content (AvgIpc) is 2.40. The molecule has 2 nitrogen and oxygen atoms in total. The Bertz CT molecular complexity index is 456. The molecular formula is C17H27FN2. The van der Waals surface area contributed by atoms with Gasteiger partial charge in [-0.05, 0) is 36.5 Å². The summed E-state index contributed by atoms with van der Waals surface area (Å²) in [5.41, 5.74) is 2.21. The number of hydrogen-bond donors (Lipinski definition) is 1. The number of benzene rings is 1. The van der Waals surface area contributed by atoms with Gasteiger partial charge in [0.25, 0.3) is 0 Å². The number of rotatable bonds is 3. The van der Waals surface area contributed by atoms with Gasteiger partial charge in [0.1, 0.15) is 5.82 Å². The number of nitrogens with one attached hydrogen (secondary N) is 1. The van der Waals surface area contributed by atoms with E-state index in [1.54, 1.807) is 12.1 Å². The quantitative estimate of drug-likeness (QED) is 0.909. The third-order valence-electron chi connectivity index (χ3n) is 4.44. The number of anilines is 1. The molecule has 2 unspecified atom stereocenters. The SMILES string of the molecule is Cc1ccc(F)cc1N1CC(C(C)C)NCC1C(C)C. The Labute approximate surface area is 122 Å². The molecule has 0 radical (unpaired) electrons. The molecule has 1 N–H and O–H groups in total. The molecule has 1 aromatic rings. The normalized spacial score (nSPS) is 23.7. The molecule has 2 atom stereocenters. The number of halogens is 1. The van der Waals surface area contributed by atoms with Crippen molar-refractivity contribution < 1.29 is 4.39 Å². The van der Waals surface area contributed by atoms with Crippen LogP contribution in [-0.2, 0) is 0 Å². The Hall–Kier alpha value is -1.09. The molecule has 20 heavy (non-hydrogen) atoms. The summed E-state index contributed by atoms with van der Waals surface area (Å²) >= 11 is 0. The average molecular weight is 278 g/mol. The first-order valence-corrected chi connectivity index (χ1v) is 7.66. The first kappa shape index (κ1) is 15.3. The third-order valence-corrected chi connectivity index (χ3v) is 4.44. The summed E-state index contributed by atoms with van der Waals surface area (Å²) in [5.74, 6) is 0.977. The maximum atomic E-state index is 13.6. The highest BCUT2D eigenvalue weighted by molar-refractivity contribution is 5.55. The van der Waals surface area contributed by atoms with E-state index in [-0.39, 0.29) is 5.82 Å². The Kier molecular flexibility index (Phi) is 4.69. The van der Waals surface area contributed by atoms with Gasteiger partial charge in [0.05, 0.1) is 0 Å². The monoisotopic (exact) mass is 278 g/mol. The molecule has 3 heteroatoms. The van der Waals surface area contributed by atoms with Gasteiger partial charge in [-0.2, -0.15) is 0 Å². The van der Waals surface area contributed by atoms with E-state index in [0.717, 1.165) is 24.3 Å². The molecule has 1 aromatic carbocycles. The van der Waals surface area contributed by atoms with Crippen LogP contribution in [0.1, 0.15) is 33.3 Å². The molecule has 1 fully saturated rings. The largest absolute Gasteiger partial charge is 0.365 e. The third kappa shape index (κ3) is 3.14. The Morgan fingerprint density at radius 1 is 1.20 bits per heavy atom. The molecule has 2 rings (SSSR count). The highest BCUT2D eigenvalue weighted by Gasteiger charge is 2.31. The summed E-state index contributed by atoms with van der Waals surface area (Å²) in [7, 11) is 0. The minimum absolute atomic E-state index is 0.146. The number of aryl methyl sites for hydroxylation is 1. The predicted molar refractivity (Wildman–Crippen MR) is 83.7 cm³/mol. The van der Waals surface area contributed by atoms with E-state index in [4.69, 9.17) is 0 Å². The van der Waals surface area contributed by atoms with Crippen LogP contribution in [0.3, 0.4) is 0 Å². The molecule has 112 valence electrons. The van der Waals surface area contributed by atoms with Crippen molar-refractivity contribution in [3.05, 3.63) is 29.6 Å². The molecule has 0 amide bonds.